The molecule has 4 heteroatoms. The molecule has 2 atom stereocenters. The molecule has 1 aliphatic carbocycles. The van der Waals surface area contributed by atoms with Crippen LogP contribution in [0.2, 0.25) is 0 Å². The Kier molecular flexibility index (Phi) is 1.52. The minimum atomic E-state index is 0.0782. The van der Waals surface area contributed by atoms with E-state index in [1.165, 1.54) is 0 Å². The van der Waals surface area contributed by atoms with Crippen LogP contribution in [-0.2, 0) is 0 Å². The van der Waals surface area contributed by atoms with Gasteiger partial charge in [0.05, 0.1) is 9.12 Å². The maximum Gasteiger partial charge on any atom is 0.132 e. The first-order chi connectivity index (χ1) is 5.20. The summed E-state index contributed by atoms with van der Waals surface area (Å²) in [5, 5.41) is 7.88. The first kappa shape index (κ1) is 7.27. The second-order valence-electron chi connectivity index (χ2n) is 2.86. The molecule has 0 aromatic heterocycles. The van der Waals surface area contributed by atoms with Crippen LogP contribution in [0.15, 0.2) is 34.3 Å². The predicted molar refractivity (Wildman–Crippen MR) is 51.4 cm³/mol. The van der Waals surface area contributed by atoms with Crippen molar-refractivity contribution in [2.45, 2.75) is 16.4 Å². The van der Waals surface area contributed by atoms with Crippen LogP contribution in [-0.4, -0.2) is 9.46 Å². The van der Waals surface area contributed by atoms with E-state index in [0.717, 1.165) is 5.70 Å². The van der Waals surface area contributed by atoms with Crippen LogP contribution in [0.4, 0.5) is 0 Å². The number of halogens is 1. The first-order valence-corrected chi connectivity index (χ1v) is 4.52. The molecule has 58 valence electrons. The van der Waals surface area contributed by atoms with Crippen molar-refractivity contribution in [3.8, 4) is 0 Å². The van der Waals surface area contributed by atoms with Gasteiger partial charge in [-0.25, -0.2) is 0 Å². The fraction of sp³-hybridized carbons (Fsp3) is 0.429. The lowest BCUT2D eigenvalue weighted by Gasteiger charge is -2.25. The molecule has 0 spiro atoms. The molecule has 0 unspecified atom stereocenters. The van der Waals surface area contributed by atoms with Crippen LogP contribution in [0.25, 0.3) is 0 Å². The highest BCUT2D eigenvalue weighted by molar-refractivity contribution is 14.1. The van der Waals surface area contributed by atoms with Crippen molar-refractivity contribution in [3.05, 3.63) is 23.9 Å². The smallest absolute Gasteiger partial charge is 0.132 e. The Morgan fingerprint density at radius 1 is 1.73 bits per heavy atom. The fourth-order valence-corrected chi connectivity index (χ4v) is 1.91. The molecule has 1 aliphatic heterocycles. The van der Waals surface area contributed by atoms with Gasteiger partial charge in [0.15, 0.2) is 0 Å². The first-order valence-electron chi connectivity index (χ1n) is 3.44. The number of allylic oxidation sites excluding steroid dienone is 2. The number of fused-ring (bicyclic) bond motifs is 1. The highest BCUT2D eigenvalue weighted by atomic mass is 127. The maximum atomic E-state index is 4.10. The summed E-state index contributed by atoms with van der Waals surface area (Å²) in [6.07, 6.45) is 6.21. The molecule has 0 radical (unpaired) electrons. The van der Waals surface area contributed by atoms with Crippen molar-refractivity contribution in [1.82, 2.24) is 5.43 Å². The Balaban J connectivity index is 2.39. The van der Waals surface area contributed by atoms with Gasteiger partial charge >= 0.3 is 0 Å². The third-order valence-corrected chi connectivity index (χ3v) is 2.83. The zero-order valence-electron chi connectivity index (χ0n) is 6.08. The molecule has 0 aromatic carbocycles. The minimum absolute atomic E-state index is 0.0782. The van der Waals surface area contributed by atoms with Crippen LogP contribution in [0.1, 0.15) is 6.92 Å². The number of alkyl halides is 1. The van der Waals surface area contributed by atoms with Gasteiger partial charge in [-0.1, -0.05) is 40.0 Å². The van der Waals surface area contributed by atoms with Gasteiger partial charge in [-0.2, -0.15) is 5.11 Å². The second kappa shape index (κ2) is 2.30. The summed E-state index contributed by atoms with van der Waals surface area (Å²) in [6, 6.07) is 0.188. The van der Waals surface area contributed by atoms with Gasteiger partial charge in [-0.05, 0) is 13.0 Å². The van der Waals surface area contributed by atoms with Crippen molar-refractivity contribution in [3.63, 3.8) is 0 Å². The summed E-state index contributed by atoms with van der Waals surface area (Å²) in [4.78, 5) is 0. The number of hydrogen-bond donors (Lipinski definition) is 1. The van der Waals surface area contributed by atoms with Crippen molar-refractivity contribution in [2.75, 3.05) is 0 Å². The Morgan fingerprint density at radius 3 is 3.27 bits per heavy atom. The maximum absolute atomic E-state index is 4.10. The van der Waals surface area contributed by atoms with Crippen LogP contribution >= 0.6 is 22.6 Å². The normalized spacial score (nSPS) is 39.8. The highest BCUT2D eigenvalue weighted by Crippen LogP contribution is 2.35. The van der Waals surface area contributed by atoms with Gasteiger partial charge in [-0.3, -0.25) is 5.43 Å². The lowest BCUT2D eigenvalue weighted by molar-refractivity contribution is 0.675. The Labute approximate surface area is 78.8 Å². The monoisotopic (exact) mass is 261 g/mol. The predicted octanol–water partition coefficient (Wildman–Crippen LogP) is 1.97. The van der Waals surface area contributed by atoms with Gasteiger partial charge < -0.3 is 0 Å². The molecule has 0 saturated heterocycles. The average Bonchev–Trinajstić information content (AvgIpc) is 2.34. The third kappa shape index (κ3) is 1.09. The van der Waals surface area contributed by atoms with Gasteiger partial charge in [0.1, 0.15) is 6.04 Å². The van der Waals surface area contributed by atoms with E-state index >= 15 is 0 Å². The van der Waals surface area contributed by atoms with Crippen LogP contribution < -0.4 is 5.43 Å². The van der Waals surface area contributed by atoms with Crippen LogP contribution in [0, 0.1) is 0 Å². The molecular formula is C7H8IN3. The van der Waals surface area contributed by atoms with E-state index < -0.39 is 0 Å². The number of hydrogen-bond acceptors (Lipinski definition) is 3. The van der Waals surface area contributed by atoms with E-state index in [9.17, 15) is 0 Å². The number of nitrogens with one attached hydrogen (secondary N) is 1. The molecular weight excluding hydrogens is 253 g/mol. The summed E-state index contributed by atoms with van der Waals surface area (Å²) in [7, 11) is 0. The zero-order chi connectivity index (χ0) is 7.90. The van der Waals surface area contributed by atoms with Crippen molar-refractivity contribution in [2.24, 2.45) is 10.3 Å². The SMILES string of the molecule is C[C@@]1(I)C=CC=C2NN=N[C@@H]21. The lowest BCUT2D eigenvalue weighted by Crippen LogP contribution is -2.33. The molecule has 1 N–H and O–H groups in total. The second-order valence-corrected chi connectivity index (χ2v) is 5.19. The molecule has 3 nitrogen and oxygen atoms in total. The third-order valence-electron chi connectivity index (χ3n) is 1.88. The van der Waals surface area contributed by atoms with E-state index in [4.69, 9.17) is 0 Å². The quantitative estimate of drug-likeness (QED) is 0.525. The average molecular weight is 261 g/mol. The molecule has 0 amide bonds. The van der Waals surface area contributed by atoms with E-state index in [-0.39, 0.29) is 9.46 Å². The summed E-state index contributed by atoms with van der Waals surface area (Å²) >= 11 is 2.39. The van der Waals surface area contributed by atoms with Gasteiger partial charge in [0.25, 0.3) is 0 Å². The van der Waals surface area contributed by atoms with E-state index in [1.54, 1.807) is 0 Å². The summed E-state index contributed by atoms with van der Waals surface area (Å²) in [5.41, 5.74) is 3.98. The van der Waals surface area contributed by atoms with Gasteiger partial charge in [0.2, 0.25) is 0 Å². The zero-order valence-corrected chi connectivity index (χ0v) is 8.24. The fourth-order valence-electron chi connectivity index (χ4n) is 1.24. The van der Waals surface area contributed by atoms with Crippen molar-refractivity contribution in [1.29, 1.82) is 0 Å². The lowest BCUT2D eigenvalue weighted by atomic mass is 9.95. The van der Waals surface area contributed by atoms with Crippen LogP contribution in [0.3, 0.4) is 0 Å². The molecule has 11 heavy (non-hydrogen) atoms. The van der Waals surface area contributed by atoms with Gasteiger partial charge in [-0.15, -0.1) is 0 Å². The molecule has 2 aliphatic rings. The highest BCUT2D eigenvalue weighted by Gasteiger charge is 2.36. The summed E-state index contributed by atoms with van der Waals surface area (Å²) in [5.74, 6) is 0. The standard InChI is InChI=1S/C7H8IN3/c1-7(8)4-2-3-5-6(7)10-11-9-5/h2-4,6H,1H3,(H,9,10)/t6-,7+/m0/s1. The largest absolute Gasteiger partial charge is 0.262 e. The van der Waals surface area contributed by atoms with E-state index in [2.05, 4.69) is 51.4 Å². The van der Waals surface area contributed by atoms with Gasteiger partial charge in [0, 0.05) is 0 Å². The van der Waals surface area contributed by atoms with Crippen molar-refractivity contribution >= 4 is 22.6 Å². The summed E-state index contributed by atoms with van der Waals surface area (Å²) in [6.45, 7) is 2.15. The number of nitrogens with zero attached hydrogens (tertiary/aromatic N) is 2. The molecule has 0 aromatic rings. The molecule has 0 bridgehead atoms. The Morgan fingerprint density at radius 2 is 2.55 bits per heavy atom. The van der Waals surface area contributed by atoms with E-state index in [0.29, 0.717) is 0 Å². The Hall–Kier alpha value is -0.390. The summed E-state index contributed by atoms with van der Waals surface area (Å²) < 4.78 is 0.0782. The molecule has 1 heterocycles. The molecule has 2 rings (SSSR count). The molecule has 0 saturated carbocycles. The minimum Gasteiger partial charge on any atom is -0.262 e. The molecule has 0 fully saturated rings. The van der Waals surface area contributed by atoms with Crippen LogP contribution in [0.5, 0.6) is 0 Å². The Bertz CT molecular complexity index is 265. The van der Waals surface area contributed by atoms with Crippen molar-refractivity contribution < 1.29 is 0 Å². The van der Waals surface area contributed by atoms with E-state index in [1.807, 2.05) is 12.2 Å². The topological polar surface area (TPSA) is 36.8 Å². The number of rotatable bonds is 0.